The van der Waals surface area contributed by atoms with E-state index in [-0.39, 0.29) is 30.1 Å². The highest BCUT2D eigenvalue weighted by Crippen LogP contribution is 2.59. The van der Waals surface area contributed by atoms with Crippen molar-refractivity contribution in [1.82, 2.24) is 0 Å². The standard InChI is InChI=1S/C16H26O3.C14H24O5.C10H16O4/c1-4-14(2,3)13(17)19-16-8-11-5-12(9-16)7-15(18,6-11)10-16;1-5-13(2,3)12(16)18-10-11(15)19-14(4)6-8-17-9-7-14;1-4-10(2,3)9(12)14-7-5-6-13-8(7)11/h11-12,18H,4-10H2,1-3H3;5-10H2,1-4H3;7H,4-6H2,1-3H3. The molecule has 6 fully saturated rings. The van der Waals surface area contributed by atoms with Crippen LogP contribution in [0.25, 0.3) is 0 Å². The lowest BCUT2D eigenvalue weighted by Gasteiger charge is -2.59. The van der Waals surface area contributed by atoms with Crippen LogP contribution in [0, 0.1) is 28.1 Å². The number of aliphatic hydroxyl groups is 1. The number of esters is 5. The molecule has 0 spiro atoms. The summed E-state index contributed by atoms with van der Waals surface area (Å²) in [5, 5.41) is 10.6. The van der Waals surface area contributed by atoms with E-state index < -0.39 is 45.5 Å². The molecule has 0 amide bonds. The number of hydrogen-bond donors (Lipinski definition) is 1. The molecule has 2 heterocycles. The molecule has 12 heteroatoms. The van der Waals surface area contributed by atoms with Crippen molar-refractivity contribution in [3.05, 3.63) is 0 Å². The summed E-state index contributed by atoms with van der Waals surface area (Å²) in [5.41, 5.74) is -2.91. The molecule has 12 nitrogen and oxygen atoms in total. The van der Waals surface area contributed by atoms with E-state index in [1.165, 1.54) is 6.42 Å². The molecule has 6 rings (SSSR count). The molecule has 2 aliphatic heterocycles. The molecular formula is C40H66O12. The highest BCUT2D eigenvalue weighted by Gasteiger charge is 2.59. The van der Waals surface area contributed by atoms with Crippen molar-refractivity contribution in [1.29, 1.82) is 0 Å². The van der Waals surface area contributed by atoms with Crippen LogP contribution in [-0.2, 0) is 52.4 Å². The largest absolute Gasteiger partial charge is 0.463 e. The van der Waals surface area contributed by atoms with Crippen LogP contribution < -0.4 is 0 Å². The lowest BCUT2D eigenvalue weighted by molar-refractivity contribution is -0.225. The first-order valence-electron chi connectivity index (χ1n) is 19.3. The SMILES string of the molecule is CCC(C)(C)C(=O)OC12CC3CC(CC(O)(C3)C1)C2.CCC(C)(C)C(=O)OC1CCOC1=O.CCC(C)(C)C(=O)OCC(=O)OC1(C)CCOCC1. The van der Waals surface area contributed by atoms with Gasteiger partial charge in [-0.15, -0.1) is 0 Å². The summed E-state index contributed by atoms with van der Waals surface area (Å²) in [7, 11) is 0. The molecule has 52 heavy (non-hydrogen) atoms. The monoisotopic (exact) mass is 738 g/mol. The number of rotatable bonds is 11. The van der Waals surface area contributed by atoms with E-state index in [2.05, 4.69) is 0 Å². The highest BCUT2D eigenvalue weighted by atomic mass is 16.6. The maximum absolute atomic E-state index is 12.4. The van der Waals surface area contributed by atoms with Crippen molar-refractivity contribution in [2.45, 2.75) is 169 Å². The van der Waals surface area contributed by atoms with Crippen molar-refractivity contribution in [3.8, 4) is 0 Å². The quantitative estimate of drug-likeness (QED) is 0.184. The van der Waals surface area contributed by atoms with Crippen LogP contribution in [0.4, 0.5) is 0 Å². The minimum Gasteiger partial charge on any atom is -0.463 e. The molecule has 4 bridgehead atoms. The smallest absolute Gasteiger partial charge is 0.347 e. The number of carbonyl (C=O) groups excluding carboxylic acids is 5. The summed E-state index contributed by atoms with van der Waals surface area (Å²) in [6.45, 7) is 20.0. The molecule has 0 radical (unpaired) electrons. The summed E-state index contributed by atoms with van der Waals surface area (Å²) in [4.78, 5) is 58.4. The summed E-state index contributed by atoms with van der Waals surface area (Å²) in [5.74, 6) is -0.587. The second-order valence-electron chi connectivity index (χ2n) is 17.9. The summed E-state index contributed by atoms with van der Waals surface area (Å²) in [6.07, 6.45) is 8.94. The molecule has 0 aromatic carbocycles. The molecule has 2 saturated heterocycles. The van der Waals surface area contributed by atoms with Crippen LogP contribution in [0.1, 0.15) is 146 Å². The van der Waals surface area contributed by atoms with E-state index >= 15 is 0 Å². The predicted molar refractivity (Wildman–Crippen MR) is 192 cm³/mol. The molecule has 3 unspecified atom stereocenters. The van der Waals surface area contributed by atoms with E-state index in [1.807, 2.05) is 41.5 Å². The van der Waals surface area contributed by atoms with Crippen molar-refractivity contribution in [2.75, 3.05) is 26.4 Å². The average Bonchev–Trinajstić information content (AvgIpc) is 3.46. The van der Waals surface area contributed by atoms with E-state index in [0.29, 0.717) is 70.2 Å². The first-order valence-corrected chi connectivity index (χ1v) is 19.3. The minimum atomic E-state index is -0.687. The van der Waals surface area contributed by atoms with Gasteiger partial charge in [0.15, 0.2) is 6.61 Å². The van der Waals surface area contributed by atoms with Gasteiger partial charge in [-0.25, -0.2) is 9.59 Å². The maximum Gasteiger partial charge on any atom is 0.347 e. The summed E-state index contributed by atoms with van der Waals surface area (Å²) >= 11 is 0. The Hall–Kier alpha value is -2.73. The third kappa shape index (κ3) is 11.6. The van der Waals surface area contributed by atoms with Gasteiger partial charge < -0.3 is 33.5 Å². The van der Waals surface area contributed by atoms with Gasteiger partial charge >= 0.3 is 29.8 Å². The Balaban J connectivity index is 0.000000213. The topological polar surface area (TPSA) is 161 Å². The van der Waals surface area contributed by atoms with Gasteiger partial charge in [0.25, 0.3) is 0 Å². The van der Waals surface area contributed by atoms with Gasteiger partial charge in [0, 0.05) is 25.7 Å². The second-order valence-corrected chi connectivity index (χ2v) is 17.9. The van der Waals surface area contributed by atoms with Gasteiger partial charge in [0.2, 0.25) is 6.10 Å². The Kier molecular flexibility index (Phi) is 14.4. The van der Waals surface area contributed by atoms with Crippen molar-refractivity contribution in [2.24, 2.45) is 28.1 Å². The van der Waals surface area contributed by atoms with E-state index in [1.54, 1.807) is 27.7 Å². The van der Waals surface area contributed by atoms with Crippen molar-refractivity contribution >= 4 is 29.8 Å². The van der Waals surface area contributed by atoms with E-state index in [9.17, 15) is 29.1 Å². The van der Waals surface area contributed by atoms with Crippen LogP contribution in [0.3, 0.4) is 0 Å². The Bertz CT molecular complexity index is 1260. The molecule has 3 atom stereocenters. The summed E-state index contributed by atoms with van der Waals surface area (Å²) < 4.78 is 31.3. The fourth-order valence-corrected chi connectivity index (χ4v) is 7.42. The van der Waals surface area contributed by atoms with E-state index in [4.69, 9.17) is 28.4 Å². The van der Waals surface area contributed by atoms with Crippen molar-refractivity contribution in [3.63, 3.8) is 0 Å². The van der Waals surface area contributed by atoms with Crippen LogP contribution in [-0.4, -0.2) is 84.3 Å². The predicted octanol–water partition coefficient (Wildman–Crippen LogP) is 6.41. The van der Waals surface area contributed by atoms with E-state index in [0.717, 1.165) is 32.1 Å². The van der Waals surface area contributed by atoms with Gasteiger partial charge in [-0.2, -0.15) is 0 Å². The number of hydrogen-bond acceptors (Lipinski definition) is 12. The maximum atomic E-state index is 12.4. The number of cyclic esters (lactones) is 1. The lowest BCUT2D eigenvalue weighted by Crippen LogP contribution is -2.61. The fraction of sp³-hybridized carbons (Fsp3) is 0.875. The molecule has 4 saturated carbocycles. The molecule has 4 aliphatic carbocycles. The zero-order valence-electron chi connectivity index (χ0n) is 33.5. The molecule has 6 aliphatic rings. The zero-order chi connectivity index (χ0) is 39.2. The van der Waals surface area contributed by atoms with Gasteiger partial charge in [0.1, 0.15) is 11.2 Å². The van der Waals surface area contributed by atoms with Gasteiger partial charge in [-0.3, -0.25) is 14.4 Å². The summed E-state index contributed by atoms with van der Waals surface area (Å²) in [6, 6.07) is 0. The van der Waals surface area contributed by atoms with Crippen LogP contribution in [0.5, 0.6) is 0 Å². The molecular weight excluding hydrogens is 672 g/mol. The van der Waals surface area contributed by atoms with Crippen molar-refractivity contribution < 1.29 is 57.5 Å². The number of ether oxygens (including phenoxy) is 6. The molecule has 0 aromatic heterocycles. The highest BCUT2D eigenvalue weighted by molar-refractivity contribution is 5.83. The van der Waals surface area contributed by atoms with Gasteiger partial charge in [-0.1, -0.05) is 20.8 Å². The molecule has 298 valence electrons. The zero-order valence-corrected chi connectivity index (χ0v) is 33.5. The van der Waals surface area contributed by atoms with Crippen LogP contribution in [0.2, 0.25) is 0 Å². The number of carbonyl (C=O) groups is 5. The minimum absolute atomic E-state index is 0.0828. The average molecular weight is 739 g/mol. The van der Waals surface area contributed by atoms with Crippen LogP contribution in [0.15, 0.2) is 0 Å². The normalized spacial score (nSPS) is 29.0. The van der Waals surface area contributed by atoms with Gasteiger partial charge in [0.05, 0.1) is 41.7 Å². The third-order valence-corrected chi connectivity index (χ3v) is 12.0. The second kappa shape index (κ2) is 17.2. The third-order valence-electron chi connectivity index (χ3n) is 12.0. The Labute approximate surface area is 310 Å². The molecule has 0 aromatic rings. The van der Waals surface area contributed by atoms with Gasteiger partial charge in [-0.05, 0) is 112 Å². The lowest BCUT2D eigenvalue weighted by atomic mass is 9.52. The Morgan fingerprint density at radius 1 is 0.769 bits per heavy atom. The first kappa shape index (κ1) is 43.7. The first-order chi connectivity index (χ1) is 24.0. The Morgan fingerprint density at radius 2 is 1.29 bits per heavy atom. The van der Waals surface area contributed by atoms with Crippen LogP contribution >= 0.6 is 0 Å². The molecule has 1 N–H and O–H groups in total. The fourth-order valence-electron chi connectivity index (χ4n) is 7.42. The Morgan fingerprint density at radius 3 is 1.77 bits per heavy atom.